The van der Waals surface area contributed by atoms with Gasteiger partial charge in [0.2, 0.25) is 11.8 Å². The van der Waals surface area contributed by atoms with Gasteiger partial charge in [0.25, 0.3) is 5.91 Å². The fourth-order valence-electron chi connectivity index (χ4n) is 5.78. The molecule has 3 aliphatic heterocycles. The Bertz CT molecular complexity index is 1290. The molecule has 1 spiro atoms. The van der Waals surface area contributed by atoms with E-state index in [1.54, 1.807) is 9.80 Å². The first kappa shape index (κ1) is 23.1. The van der Waals surface area contributed by atoms with Crippen LogP contribution >= 0.6 is 0 Å². The summed E-state index contributed by atoms with van der Waals surface area (Å²) >= 11 is 0. The van der Waals surface area contributed by atoms with Gasteiger partial charge in [-0.25, -0.2) is 0 Å². The van der Waals surface area contributed by atoms with Gasteiger partial charge in [0.15, 0.2) is 0 Å². The maximum atomic E-state index is 14.2. The summed E-state index contributed by atoms with van der Waals surface area (Å²) in [6.07, 6.45) is 0.697. The summed E-state index contributed by atoms with van der Waals surface area (Å²) < 4.78 is 0. The molecule has 5 rings (SSSR count). The van der Waals surface area contributed by atoms with Crippen molar-refractivity contribution in [2.45, 2.75) is 64.6 Å². The Morgan fingerprint density at radius 3 is 2.69 bits per heavy atom. The number of anilines is 1. The molecule has 7 heteroatoms. The van der Waals surface area contributed by atoms with Gasteiger partial charge in [-0.1, -0.05) is 56.7 Å². The van der Waals surface area contributed by atoms with Crippen LogP contribution in [0.5, 0.6) is 0 Å². The monoisotopic (exact) mass is 470 g/mol. The van der Waals surface area contributed by atoms with Gasteiger partial charge in [0, 0.05) is 30.8 Å². The summed E-state index contributed by atoms with van der Waals surface area (Å²) in [4.78, 5) is 43.9. The second kappa shape index (κ2) is 7.94. The summed E-state index contributed by atoms with van der Waals surface area (Å²) in [6, 6.07) is 14.1. The van der Waals surface area contributed by atoms with Crippen LogP contribution in [0, 0.1) is 23.7 Å². The minimum Gasteiger partial charge on any atom is -0.325 e. The smallest absolute Gasteiger partial charge is 0.255 e. The molecule has 1 N–H and O–H groups in total. The fraction of sp³-hybridized carbons (Fsp3) is 0.429. The molecular weight excluding hydrogens is 440 g/mol. The third-order valence-corrected chi connectivity index (χ3v) is 7.48. The number of likely N-dealkylation sites (tertiary alicyclic amines) is 1. The Kier molecular flexibility index (Phi) is 5.24. The molecule has 180 valence electrons. The van der Waals surface area contributed by atoms with Crippen molar-refractivity contribution in [1.29, 1.82) is 5.26 Å². The lowest BCUT2D eigenvalue weighted by Crippen LogP contribution is -2.52. The number of rotatable bonds is 3. The van der Waals surface area contributed by atoms with Crippen LogP contribution < -0.4 is 5.32 Å². The molecule has 1 saturated heterocycles. The number of fused-ring (bicyclic) bond motifs is 3. The van der Waals surface area contributed by atoms with Gasteiger partial charge in [-0.15, -0.1) is 0 Å². The zero-order chi connectivity index (χ0) is 25.1. The molecule has 3 heterocycles. The molecule has 0 aromatic heterocycles. The van der Waals surface area contributed by atoms with Crippen molar-refractivity contribution < 1.29 is 14.4 Å². The molecule has 3 amide bonds. The number of hydrogen-bond acceptors (Lipinski definition) is 4. The van der Waals surface area contributed by atoms with E-state index in [2.05, 4.69) is 11.4 Å². The number of aryl methyl sites for hydroxylation is 1. The normalized spacial score (nSPS) is 23.8. The molecular formula is C28H30N4O3. The second-order valence-corrected chi connectivity index (χ2v) is 11.3. The molecule has 2 aromatic carbocycles. The van der Waals surface area contributed by atoms with E-state index in [0.29, 0.717) is 18.5 Å². The van der Waals surface area contributed by atoms with Crippen molar-refractivity contribution in [1.82, 2.24) is 9.80 Å². The predicted octanol–water partition coefficient (Wildman–Crippen LogP) is 3.77. The Morgan fingerprint density at radius 2 is 1.97 bits per heavy atom. The maximum Gasteiger partial charge on any atom is 0.255 e. The lowest BCUT2D eigenvalue weighted by Gasteiger charge is -2.35. The third-order valence-electron chi connectivity index (χ3n) is 7.48. The number of carbonyl (C=O) groups excluding carboxylic acids is 3. The Balaban J connectivity index is 1.50. The fourth-order valence-corrected chi connectivity index (χ4v) is 5.78. The number of carbonyl (C=O) groups is 3. The van der Waals surface area contributed by atoms with Gasteiger partial charge in [-0.2, -0.15) is 5.26 Å². The number of para-hydroxylation sites is 1. The Labute approximate surface area is 205 Å². The summed E-state index contributed by atoms with van der Waals surface area (Å²) in [5, 5.41) is 12.9. The first-order valence-electron chi connectivity index (χ1n) is 12.1. The maximum absolute atomic E-state index is 14.2. The zero-order valence-corrected chi connectivity index (χ0v) is 20.6. The Morgan fingerprint density at radius 1 is 1.23 bits per heavy atom. The van der Waals surface area contributed by atoms with Crippen molar-refractivity contribution in [3.05, 3.63) is 64.7 Å². The number of amides is 3. The van der Waals surface area contributed by atoms with E-state index in [0.717, 1.165) is 22.4 Å². The van der Waals surface area contributed by atoms with E-state index < -0.39 is 17.5 Å². The predicted molar refractivity (Wildman–Crippen MR) is 131 cm³/mol. The SMILES string of the molecule is Cc1ccc2c(c1)C(=O)N([C@@H](CC(C)(C)C)C(=O)N1C[C@]3(C[C@H]1C#N)C(=O)Nc1ccccc13)C2. The van der Waals surface area contributed by atoms with E-state index in [4.69, 9.17) is 0 Å². The summed E-state index contributed by atoms with van der Waals surface area (Å²) in [6.45, 7) is 8.55. The van der Waals surface area contributed by atoms with E-state index in [9.17, 15) is 19.6 Å². The number of nitrogens with zero attached hydrogens (tertiary/aromatic N) is 3. The molecule has 0 radical (unpaired) electrons. The number of nitriles is 1. The van der Waals surface area contributed by atoms with Crippen LogP contribution in [-0.2, 0) is 21.5 Å². The number of nitrogens with one attached hydrogen (secondary N) is 1. The molecule has 0 unspecified atom stereocenters. The summed E-state index contributed by atoms with van der Waals surface area (Å²) in [5.41, 5.74) is 2.91. The highest BCUT2D eigenvalue weighted by atomic mass is 16.2. The van der Waals surface area contributed by atoms with E-state index in [-0.39, 0.29) is 36.1 Å². The van der Waals surface area contributed by atoms with Crippen LogP contribution in [0.3, 0.4) is 0 Å². The summed E-state index contributed by atoms with van der Waals surface area (Å²) in [7, 11) is 0. The Hall–Kier alpha value is -3.66. The minimum absolute atomic E-state index is 0.127. The highest BCUT2D eigenvalue weighted by molar-refractivity contribution is 6.07. The number of hydrogen-bond donors (Lipinski definition) is 1. The minimum atomic E-state index is -0.950. The molecule has 1 fully saturated rings. The molecule has 3 atom stereocenters. The van der Waals surface area contributed by atoms with E-state index in [1.165, 1.54) is 0 Å². The molecule has 0 aliphatic carbocycles. The van der Waals surface area contributed by atoms with Gasteiger partial charge in [0.05, 0.1) is 11.5 Å². The largest absolute Gasteiger partial charge is 0.325 e. The highest BCUT2D eigenvalue weighted by Gasteiger charge is 2.57. The average Bonchev–Trinajstić information content (AvgIpc) is 3.44. The van der Waals surface area contributed by atoms with Gasteiger partial charge >= 0.3 is 0 Å². The van der Waals surface area contributed by atoms with Gasteiger partial charge in [-0.3, -0.25) is 14.4 Å². The van der Waals surface area contributed by atoms with E-state index in [1.807, 2.05) is 70.2 Å². The lowest BCUT2D eigenvalue weighted by atomic mass is 9.80. The molecule has 3 aliphatic rings. The number of benzene rings is 2. The van der Waals surface area contributed by atoms with Crippen molar-refractivity contribution in [3.63, 3.8) is 0 Å². The van der Waals surface area contributed by atoms with Gasteiger partial charge in [-0.05, 0) is 42.0 Å². The standard InChI is InChI=1S/C28H30N4O3/c1-17-9-10-18-15-31(24(33)20(18)11-17)23(13-27(2,3)4)25(34)32-16-28(12-19(32)14-29)21-7-5-6-8-22(21)30-26(28)35/h5-11,19,23H,12-13,15-16H2,1-4H3,(H,30,35)/t19-,23-,28-/m0/s1. The molecule has 0 bridgehead atoms. The third kappa shape index (κ3) is 3.68. The molecule has 2 aromatic rings. The van der Waals surface area contributed by atoms with Gasteiger partial charge < -0.3 is 15.1 Å². The average molecular weight is 471 g/mol. The van der Waals surface area contributed by atoms with Crippen molar-refractivity contribution >= 4 is 23.4 Å². The van der Waals surface area contributed by atoms with Crippen molar-refractivity contribution in [2.24, 2.45) is 5.41 Å². The van der Waals surface area contributed by atoms with E-state index >= 15 is 0 Å². The second-order valence-electron chi connectivity index (χ2n) is 11.3. The first-order valence-corrected chi connectivity index (χ1v) is 12.1. The molecule has 0 saturated carbocycles. The van der Waals surface area contributed by atoms with Crippen LogP contribution in [0.15, 0.2) is 42.5 Å². The van der Waals surface area contributed by atoms with Crippen LogP contribution in [0.2, 0.25) is 0 Å². The zero-order valence-electron chi connectivity index (χ0n) is 20.6. The lowest BCUT2D eigenvalue weighted by molar-refractivity contribution is -0.137. The first-order chi connectivity index (χ1) is 16.5. The quantitative estimate of drug-likeness (QED) is 0.739. The van der Waals surface area contributed by atoms with Crippen LogP contribution in [0.25, 0.3) is 0 Å². The highest BCUT2D eigenvalue weighted by Crippen LogP contribution is 2.47. The van der Waals surface area contributed by atoms with Crippen molar-refractivity contribution in [3.8, 4) is 6.07 Å². The van der Waals surface area contributed by atoms with Crippen LogP contribution in [0.4, 0.5) is 5.69 Å². The van der Waals surface area contributed by atoms with Gasteiger partial charge in [0.1, 0.15) is 12.1 Å². The molecule has 35 heavy (non-hydrogen) atoms. The van der Waals surface area contributed by atoms with Crippen LogP contribution in [-0.4, -0.2) is 46.1 Å². The molecule has 7 nitrogen and oxygen atoms in total. The summed E-state index contributed by atoms with van der Waals surface area (Å²) in [5.74, 6) is -0.599. The van der Waals surface area contributed by atoms with Crippen molar-refractivity contribution in [2.75, 3.05) is 11.9 Å². The van der Waals surface area contributed by atoms with Crippen LogP contribution in [0.1, 0.15) is 60.7 Å². The topological polar surface area (TPSA) is 93.5 Å².